The first-order valence-corrected chi connectivity index (χ1v) is 10.0. The molecule has 1 aliphatic rings. The summed E-state index contributed by atoms with van der Waals surface area (Å²) in [5, 5.41) is 5.40. The Bertz CT molecular complexity index is 331. The number of nitrogens with one attached hydrogen (secondary N) is 1. The Kier molecular flexibility index (Phi) is 24.3. The van der Waals surface area contributed by atoms with Crippen molar-refractivity contribution in [2.75, 3.05) is 99.1 Å². The summed E-state index contributed by atoms with van der Waals surface area (Å²) in [6.07, 6.45) is 1.74. The number of hydrogen-bond donors (Lipinski definition) is 1. The summed E-state index contributed by atoms with van der Waals surface area (Å²) in [7, 11) is 0. The van der Waals surface area contributed by atoms with Crippen LogP contribution < -0.4 is 0 Å². The van der Waals surface area contributed by atoms with E-state index in [2.05, 4.69) is 6.92 Å². The summed E-state index contributed by atoms with van der Waals surface area (Å²) in [6.45, 7) is 10.4. The maximum absolute atomic E-state index is 8.35. The molecule has 0 aromatic rings. The molecule has 1 atom stereocenters. The third-order valence-corrected chi connectivity index (χ3v) is 3.57. The van der Waals surface area contributed by atoms with Crippen LogP contribution in [0.25, 0.3) is 0 Å². The molecule has 1 fully saturated rings. The maximum Gasteiger partial charge on any atom is 0.231 e. The van der Waals surface area contributed by atoms with Crippen LogP contribution in [0, 0.1) is 5.41 Å². The molecule has 0 aromatic carbocycles. The Morgan fingerprint density at radius 1 is 0.621 bits per heavy atom. The van der Waals surface area contributed by atoms with E-state index >= 15 is 0 Å². The standard InChI is InChI=1S/C18H36O8.CHNO/c1-2-18-17-25-14-13-23-10-9-21-6-5-19-3-4-20-7-8-22-11-12-24-15-16-26-18;2-1-3/h18H,2-17H2,1H3;2H. The Labute approximate surface area is 173 Å². The molecule has 0 bridgehead atoms. The fraction of sp³-hybridized carbons (Fsp3) is 0.947. The first kappa shape index (κ1) is 28.1. The van der Waals surface area contributed by atoms with Crippen LogP contribution in [0.3, 0.4) is 0 Å². The van der Waals surface area contributed by atoms with Crippen LogP contribution in [0.15, 0.2) is 0 Å². The first-order valence-electron chi connectivity index (χ1n) is 10.0. The minimum Gasteiger partial charge on any atom is -0.377 e. The van der Waals surface area contributed by atoms with E-state index < -0.39 is 0 Å². The van der Waals surface area contributed by atoms with Crippen LogP contribution in [-0.4, -0.2) is 111 Å². The van der Waals surface area contributed by atoms with Gasteiger partial charge in [-0.2, -0.15) is 0 Å². The van der Waals surface area contributed by atoms with Gasteiger partial charge < -0.3 is 37.9 Å². The predicted octanol–water partition coefficient (Wildman–Crippen LogP) is 0.812. The molecule has 1 heterocycles. The van der Waals surface area contributed by atoms with E-state index in [1.807, 2.05) is 0 Å². The van der Waals surface area contributed by atoms with E-state index in [1.165, 1.54) is 0 Å². The van der Waals surface area contributed by atoms with Gasteiger partial charge in [-0.05, 0) is 6.42 Å². The molecule has 10 nitrogen and oxygen atoms in total. The molecule has 29 heavy (non-hydrogen) atoms. The van der Waals surface area contributed by atoms with Crippen molar-refractivity contribution in [3.63, 3.8) is 0 Å². The van der Waals surface area contributed by atoms with Gasteiger partial charge >= 0.3 is 0 Å². The van der Waals surface area contributed by atoms with Crippen LogP contribution >= 0.6 is 0 Å². The van der Waals surface area contributed by atoms with Crippen molar-refractivity contribution >= 4 is 6.08 Å². The van der Waals surface area contributed by atoms with Gasteiger partial charge in [0.2, 0.25) is 6.08 Å². The van der Waals surface area contributed by atoms with Gasteiger partial charge in [0.25, 0.3) is 0 Å². The van der Waals surface area contributed by atoms with E-state index in [4.69, 9.17) is 48.1 Å². The third-order valence-electron chi connectivity index (χ3n) is 3.57. The highest BCUT2D eigenvalue weighted by Crippen LogP contribution is 1.99. The lowest BCUT2D eigenvalue weighted by Crippen LogP contribution is -2.23. The summed E-state index contributed by atoms with van der Waals surface area (Å²) in [5.41, 5.74) is 0. The predicted molar refractivity (Wildman–Crippen MR) is 104 cm³/mol. The molecule has 1 rings (SSSR count). The van der Waals surface area contributed by atoms with Gasteiger partial charge in [-0.15, -0.1) is 0 Å². The zero-order chi connectivity index (χ0) is 21.3. The van der Waals surface area contributed by atoms with Gasteiger partial charge in [0.05, 0.1) is 105 Å². The summed E-state index contributed by atoms with van der Waals surface area (Å²) < 4.78 is 44.0. The molecule has 0 saturated carbocycles. The van der Waals surface area contributed by atoms with Crippen LogP contribution in [0.4, 0.5) is 0 Å². The van der Waals surface area contributed by atoms with Crippen LogP contribution in [0.1, 0.15) is 13.3 Å². The fourth-order valence-corrected chi connectivity index (χ4v) is 2.09. The van der Waals surface area contributed by atoms with Gasteiger partial charge in [-0.25, -0.2) is 10.2 Å². The van der Waals surface area contributed by atoms with Crippen LogP contribution in [-0.2, 0) is 42.7 Å². The number of ether oxygens (including phenoxy) is 8. The second-order valence-electron chi connectivity index (χ2n) is 5.75. The fourth-order valence-electron chi connectivity index (χ4n) is 2.09. The molecule has 10 heteroatoms. The molecule has 0 aliphatic carbocycles. The molecule has 0 amide bonds. The lowest BCUT2D eigenvalue weighted by molar-refractivity contribution is -0.0587. The summed E-state index contributed by atoms with van der Waals surface area (Å²) in [5.74, 6) is 0. The average molecular weight is 424 g/mol. The maximum atomic E-state index is 8.35. The molecule has 0 aromatic heterocycles. The van der Waals surface area contributed by atoms with Crippen molar-refractivity contribution in [1.29, 1.82) is 5.41 Å². The molecule has 1 saturated heterocycles. The minimum absolute atomic E-state index is 0.0841. The minimum atomic E-state index is 0.0841. The van der Waals surface area contributed by atoms with E-state index in [1.54, 1.807) is 0 Å². The third kappa shape index (κ3) is 23.2. The van der Waals surface area contributed by atoms with Gasteiger partial charge in [0.15, 0.2) is 0 Å². The summed E-state index contributed by atoms with van der Waals surface area (Å²) in [6, 6.07) is 0. The number of isocyanates is 1. The van der Waals surface area contributed by atoms with Gasteiger partial charge in [0, 0.05) is 0 Å². The zero-order valence-corrected chi connectivity index (χ0v) is 17.6. The molecular weight excluding hydrogens is 386 g/mol. The molecule has 1 unspecified atom stereocenters. The Morgan fingerprint density at radius 2 is 0.897 bits per heavy atom. The van der Waals surface area contributed by atoms with Crippen molar-refractivity contribution in [2.45, 2.75) is 19.4 Å². The van der Waals surface area contributed by atoms with Crippen molar-refractivity contribution in [3.8, 4) is 0 Å². The van der Waals surface area contributed by atoms with Gasteiger partial charge in [-0.1, -0.05) is 6.92 Å². The van der Waals surface area contributed by atoms with E-state index in [0.717, 1.165) is 12.5 Å². The van der Waals surface area contributed by atoms with Gasteiger partial charge in [-0.3, -0.25) is 0 Å². The van der Waals surface area contributed by atoms with Crippen molar-refractivity contribution < 1.29 is 42.7 Å². The Hall–Kier alpha value is -0.940. The SMILES string of the molecule is CCC1COCCOCCOCCOCCOCCOCCOCCO1.N=C=O. The molecule has 172 valence electrons. The first-order chi connectivity index (χ1) is 14.3. The lowest BCUT2D eigenvalue weighted by atomic mass is 10.3. The number of hydrogen-bond acceptors (Lipinski definition) is 10. The molecule has 0 radical (unpaired) electrons. The highest BCUT2D eigenvalue weighted by Gasteiger charge is 2.06. The number of rotatable bonds is 1. The topological polar surface area (TPSA) is 115 Å². The average Bonchev–Trinajstić information content (AvgIpc) is 2.72. The molecule has 1 N–H and O–H groups in total. The van der Waals surface area contributed by atoms with Crippen LogP contribution in [0.5, 0.6) is 0 Å². The lowest BCUT2D eigenvalue weighted by Gasteiger charge is -2.16. The second kappa shape index (κ2) is 25.1. The smallest absolute Gasteiger partial charge is 0.231 e. The molecule has 0 spiro atoms. The molecule has 1 aliphatic heterocycles. The zero-order valence-electron chi connectivity index (χ0n) is 17.6. The number of carbonyl (C=O) groups excluding carboxylic acids is 1. The molecular formula is C19H37NO9. The van der Waals surface area contributed by atoms with Crippen LogP contribution in [0.2, 0.25) is 0 Å². The second-order valence-corrected chi connectivity index (χ2v) is 5.75. The summed E-state index contributed by atoms with van der Waals surface area (Å²) >= 11 is 0. The Balaban J connectivity index is 0.00000245. The van der Waals surface area contributed by atoms with E-state index in [9.17, 15) is 0 Å². The van der Waals surface area contributed by atoms with Crippen molar-refractivity contribution in [1.82, 2.24) is 0 Å². The quantitative estimate of drug-likeness (QED) is 0.483. The Morgan fingerprint density at radius 3 is 1.21 bits per heavy atom. The normalized spacial score (nSPS) is 23.6. The van der Waals surface area contributed by atoms with Crippen molar-refractivity contribution in [2.24, 2.45) is 0 Å². The van der Waals surface area contributed by atoms with Gasteiger partial charge in [0.1, 0.15) is 0 Å². The summed E-state index contributed by atoms with van der Waals surface area (Å²) in [4.78, 5) is 8.35. The van der Waals surface area contributed by atoms with E-state index in [-0.39, 0.29) is 6.10 Å². The highest BCUT2D eigenvalue weighted by molar-refractivity contribution is 5.26. The van der Waals surface area contributed by atoms with Crippen molar-refractivity contribution in [3.05, 3.63) is 0 Å². The highest BCUT2D eigenvalue weighted by atomic mass is 16.6. The van der Waals surface area contributed by atoms with E-state index in [0.29, 0.717) is 99.1 Å². The largest absolute Gasteiger partial charge is 0.377 e. The monoisotopic (exact) mass is 423 g/mol.